The summed E-state index contributed by atoms with van der Waals surface area (Å²) in [5, 5.41) is 0. The van der Waals surface area contributed by atoms with Crippen molar-refractivity contribution in [1.29, 1.82) is 0 Å². The second-order valence-electron chi connectivity index (χ2n) is 5.72. The summed E-state index contributed by atoms with van der Waals surface area (Å²) in [6.07, 6.45) is 2.66. The number of rotatable bonds is 2. The number of anilines is 1. The van der Waals surface area contributed by atoms with Gasteiger partial charge in [0.1, 0.15) is 0 Å². The normalized spacial score (nSPS) is 19.6. The van der Waals surface area contributed by atoms with E-state index in [2.05, 4.69) is 30.9 Å². The number of nitrogen functional groups attached to an aromatic ring is 1. The Morgan fingerprint density at radius 1 is 1.35 bits per heavy atom. The van der Waals surface area contributed by atoms with Gasteiger partial charge in [-0.05, 0) is 42.5 Å². The first-order valence-electron chi connectivity index (χ1n) is 6.12. The lowest BCUT2D eigenvalue weighted by Gasteiger charge is -2.38. The van der Waals surface area contributed by atoms with E-state index in [1.165, 1.54) is 31.5 Å². The number of piperidine rings is 1. The first kappa shape index (κ1) is 14.3. The maximum atomic E-state index is 5.80. The highest BCUT2D eigenvalue weighted by molar-refractivity contribution is 5.85. The molecule has 3 heteroatoms. The topological polar surface area (TPSA) is 29.3 Å². The van der Waals surface area contributed by atoms with E-state index in [-0.39, 0.29) is 12.4 Å². The van der Waals surface area contributed by atoms with Gasteiger partial charge >= 0.3 is 0 Å². The monoisotopic (exact) mass is 254 g/mol. The Morgan fingerprint density at radius 2 is 2.12 bits per heavy atom. The average molecular weight is 255 g/mol. The zero-order valence-corrected chi connectivity index (χ0v) is 11.6. The molecular weight excluding hydrogens is 232 g/mol. The minimum absolute atomic E-state index is 0. The number of benzene rings is 1. The lowest BCUT2D eigenvalue weighted by Crippen LogP contribution is -2.39. The fourth-order valence-electron chi connectivity index (χ4n) is 2.63. The number of hydrogen-bond acceptors (Lipinski definition) is 2. The van der Waals surface area contributed by atoms with Crippen molar-refractivity contribution in [3.63, 3.8) is 0 Å². The fraction of sp³-hybridized carbons (Fsp3) is 0.571. The summed E-state index contributed by atoms with van der Waals surface area (Å²) in [7, 11) is 0. The molecule has 1 saturated heterocycles. The van der Waals surface area contributed by atoms with Gasteiger partial charge in [0.25, 0.3) is 0 Å². The minimum Gasteiger partial charge on any atom is -0.399 e. The molecule has 2 nitrogen and oxygen atoms in total. The highest BCUT2D eigenvalue weighted by atomic mass is 35.5. The Labute approximate surface area is 111 Å². The third kappa shape index (κ3) is 4.21. The van der Waals surface area contributed by atoms with Crippen molar-refractivity contribution >= 4 is 18.1 Å². The number of hydrogen-bond donors (Lipinski definition) is 1. The molecule has 1 heterocycles. The van der Waals surface area contributed by atoms with Gasteiger partial charge in [-0.3, -0.25) is 4.90 Å². The summed E-state index contributed by atoms with van der Waals surface area (Å²) in [5.74, 6) is 0. The molecule has 17 heavy (non-hydrogen) atoms. The van der Waals surface area contributed by atoms with Gasteiger partial charge < -0.3 is 5.73 Å². The van der Waals surface area contributed by atoms with E-state index in [0.717, 1.165) is 12.2 Å². The predicted octanol–water partition coefficient (Wildman–Crippen LogP) is 3.31. The summed E-state index contributed by atoms with van der Waals surface area (Å²) in [5.41, 5.74) is 8.47. The molecule has 2 N–H and O–H groups in total. The van der Waals surface area contributed by atoms with E-state index in [4.69, 9.17) is 5.73 Å². The Kier molecular flexibility index (Phi) is 4.84. The van der Waals surface area contributed by atoms with Crippen LogP contribution in [0.2, 0.25) is 0 Å². The highest BCUT2D eigenvalue weighted by Crippen LogP contribution is 2.29. The van der Waals surface area contributed by atoms with Crippen LogP contribution in [0.3, 0.4) is 0 Å². The maximum Gasteiger partial charge on any atom is 0.0317 e. The zero-order chi connectivity index (χ0) is 11.6. The first-order chi connectivity index (χ1) is 7.55. The molecule has 0 amide bonds. The van der Waals surface area contributed by atoms with Crippen LogP contribution in [0.25, 0.3) is 0 Å². The van der Waals surface area contributed by atoms with Gasteiger partial charge in [0, 0.05) is 18.8 Å². The van der Waals surface area contributed by atoms with Crippen molar-refractivity contribution in [3.05, 3.63) is 29.8 Å². The molecule has 0 aliphatic carbocycles. The van der Waals surface area contributed by atoms with Crippen molar-refractivity contribution in [1.82, 2.24) is 4.90 Å². The second kappa shape index (κ2) is 5.74. The fourth-order valence-corrected chi connectivity index (χ4v) is 2.63. The summed E-state index contributed by atoms with van der Waals surface area (Å²) < 4.78 is 0. The smallest absolute Gasteiger partial charge is 0.0317 e. The van der Waals surface area contributed by atoms with E-state index < -0.39 is 0 Å². The Morgan fingerprint density at radius 3 is 2.76 bits per heavy atom. The first-order valence-corrected chi connectivity index (χ1v) is 6.12. The van der Waals surface area contributed by atoms with Crippen LogP contribution < -0.4 is 5.73 Å². The van der Waals surface area contributed by atoms with Gasteiger partial charge in [-0.25, -0.2) is 0 Å². The molecule has 0 saturated carbocycles. The molecule has 1 aromatic rings. The van der Waals surface area contributed by atoms with Gasteiger partial charge in [-0.2, -0.15) is 0 Å². The molecule has 0 aromatic heterocycles. The average Bonchev–Trinajstić information content (AvgIpc) is 2.15. The number of nitrogens with two attached hydrogens (primary N) is 1. The van der Waals surface area contributed by atoms with Crippen molar-refractivity contribution in [2.75, 3.05) is 18.8 Å². The number of halogens is 1. The summed E-state index contributed by atoms with van der Waals surface area (Å²) >= 11 is 0. The van der Waals surface area contributed by atoms with Crippen LogP contribution >= 0.6 is 12.4 Å². The highest BCUT2D eigenvalue weighted by Gasteiger charge is 2.25. The van der Waals surface area contributed by atoms with Crippen LogP contribution in [0.4, 0.5) is 5.69 Å². The molecule has 0 unspecified atom stereocenters. The van der Waals surface area contributed by atoms with Crippen molar-refractivity contribution in [2.24, 2.45) is 5.41 Å². The number of likely N-dealkylation sites (tertiary alicyclic amines) is 1. The minimum atomic E-state index is 0. The molecule has 0 atom stereocenters. The molecule has 0 radical (unpaired) electrons. The van der Waals surface area contributed by atoms with Crippen LogP contribution in [0.15, 0.2) is 24.3 Å². The molecule has 1 fully saturated rings. The van der Waals surface area contributed by atoms with E-state index in [1.54, 1.807) is 0 Å². The lowest BCUT2D eigenvalue weighted by atomic mass is 9.84. The van der Waals surface area contributed by atoms with Crippen LogP contribution in [0.5, 0.6) is 0 Å². The summed E-state index contributed by atoms with van der Waals surface area (Å²) in [6, 6.07) is 8.24. The molecule has 1 aliphatic heterocycles. The molecule has 96 valence electrons. The summed E-state index contributed by atoms with van der Waals surface area (Å²) in [4.78, 5) is 2.54. The van der Waals surface area contributed by atoms with E-state index in [0.29, 0.717) is 5.41 Å². The standard InChI is InChI=1S/C14H22N2.ClH/c1-14(2)7-4-8-16(11-14)10-12-5-3-6-13(15)9-12;/h3,5-6,9H,4,7-8,10-11,15H2,1-2H3;1H. The molecular formula is C14H23ClN2. The third-order valence-corrected chi connectivity index (χ3v) is 3.34. The summed E-state index contributed by atoms with van der Waals surface area (Å²) in [6.45, 7) is 8.17. The van der Waals surface area contributed by atoms with Crippen LogP contribution in [-0.2, 0) is 6.54 Å². The van der Waals surface area contributed by atoms with Crippen molar-refractivity contribution < 1.29 is 0 Å². The van der Waals surface area contributed by atoms with Gasteiger partial charge in [0.15, 0.2) is 0 Å². The van der Waals surface area contributed by atoms with Crippen LogP contribution in [-0.4, -0.2) is 18.0 Å². The zero-order valence-electron chi connectivity index (χ0n) is 10.8. The SMILES string of the molecule is CC1(C)CCCN(Cc2cccc(N)c2)C1.Cl. The predicted molar refractivity (Wildman–Crippen MR) is 76.4 cm³/mol. The largest absolute Gasteiger partial charge is 0.399 e. The molecule has 1 aliphatic rings. The van der Waals surface area contributed by atoms with Gasteiger partial charge in [-0.1, -0.05) is 26.0 Å². The Hall–Kier alpha value is -0.730. The lowest BCUT2D eigenvalue weighted by molar-refractivity contribution is 0.112. The second-order valence-corrected chi connectivity index (χ2v) is 5.72. The molecule has 0 bridgehead atoms. The Balaban J connectivity index is 0.00000144. The molecule has 2 rings (SSSR count). The third-order valence-electron chi connectivity index (χ3n) is 3.34. The van der Waals surface area contributed by atoms with Crippen molar-refractivity contribution in [3.8, 4) is 0 Å². The van der Waals surface area contributed by atoms with Gasteiger partial charge in [0.2, 0.25) is 0 Å². The van der Waals surface area contributed by atoms with E-state index >= 15 is 0 Å². The van der Waals surface area contributed by atoms with Gasteiger partial charge in [-0.15, -0.1) is 12.4 Å². The van der Waals surface area contributed by atoms with E-state index in [9.17, 15) is 0 Å². The number of nitrogens with zero attached hydrogens (tertiary/aromatic N) is 1. The van der Waals surface area contributed by atoms with Crippen LogP contribution in [0, 0.1) is 5.41 Å². The Bertz CT molecular complexity index is 363. The quantitative estimate of drug-likeness (QED) is 0.821. The molecule has 0 spiro atoms. The maximum absolute atomic E-state index is 5.80. The van der Waals surface area contributed by atoms with E-state index in [1.807, 2.05) is 12.1 Å². The molecule has 1 aromatic carbocycles. The van der Waals surface area contributed by atoms with Gasteiger partial charge in [0.05, 0.1) is 0 Å². The van der Waals surface area contributed by atoms with Crippen LogP contribution in [0.1, 0.15) is 32.3 Å². The van der Waals surface area contributed by atoms with Crippen molar-refractivity contribution in [2.45, 2.75) is 33.2 Å².